The normalized spacial score (nSPS) is 28.9. The second-order valence-corrected chi connectivity index (χ2v) is 18.3. The van der Waals surface area contributed by atoms with E-state index in [-0.39, 0.29) is 41.0 Å². The van der Waals surface area contributed by atoms with Crippen molar-refractivity contribution < 1.29 is 23.5 Å². The molecule has 37 heavy (non-hydrogen) atoms. The summed E-state index contributed by atoms with van der Waals surface area (Å²) >= 11 is 0. The molecular weight excluding hydrogens is 480 g/mol. The lowest BCUT2D eigenvalue weighted by Crippen LogP contribution is -2.47. The number of fused-ring (bicyclic) bond motifs is 1. The van der Waals surface area contributed by atoms with E-state index in [2.05, 4.69) is 52.9 Å². The van der Waals surface area contributed by atoms with E-state index in [4.69, 9.17) is 13.9 Å². The standard InChI is InChI=1S/C31H52O5Si/c1-22(20-35-21-34-6)12-9-14-24(32)15-10-16-26(36-37(7,8)30(2,3)4)25-18-17-23-13-11-19-31(5)27(23)28(31)29(25)33/h12-13,25-28H,9-11,14-21H2,1-8H3/b22-12+/t25-,26-,27+,28+,31+/m1/s1. The van der Waals surface area contributed by atoms with Gasteiger partial charge >= 0.3 is 0 Å². The van der Waals surface area contributed by atoms with Gasteiger partial charge in [-0.25, -0.2) is 0 Å². The van der Waals surface area contributed by atoms with Gasteiger partial charge in [0.2, 0.25) is 0 Å². The molecule has 0 spiro atoms. The van der Waals surface area contributed by atoms with Crippen LogP contribution in [0.3, 0.4) is 0 Å². The van der Waals surface area contributed by atoms with Crippen molar-refractivity contribution in [3.63, 3.8) is 0 Å². The number of Topliss-reactive ketones (excluding diaryl/α,β-unsaturated/α-hetero) is 2. The number of hydrogen-bond acceptors (Lipinski definition) is 5. The number of ketones is 2. The van der Waals surface area contributed by atoms with Gasteiger partial charge in [0, 0.05) is 31.8 Å². The molecule has 0 amide bonds. The Morgan fingerprint density at radius 2 is 1.97 bits per heavy atom. The summed E-state index contributed by atoms with van der Waals surface area (Å²) in [6.07, 6.45) is 12.0. The topological polar surface area (TPSA) is 61.8 Å². The largest absolute Gasteiger partial charge is 0.413 e. The SMILES string of the molecule is COCOC/C(C)=C/CCC(=O)CCC[C@@H](O[Si](C)(C)C(C)(C)C)[C@H]1CCC2=CCC[C@]3(C)[C@H](C1=O)[C@H]23. The quantitative estimate of drug-likeness (QED) is 0.101. The highest BCUT2D eigenvalue weighted by atomic mass is 28.4. The highest BCUT2D eigenvalue weighted by Crippen LogP contribution is 2.69. The Bertz CT molecular complexity index is 883. The number of methoxy groups -OCH3 is 1. The maximum atomic E-state index is 13.9. The summed E-state index contributed by atoms with van der Waals surface area (Å²) < 4.78 is 17.2. The van der Waals surface area contributed by atoms with E-state index in [1.54, 1.807) is 7.11 Å². The molecule has 2 saturated carbocycles. The summed E-state index contributed by atoms with van der Waals surface area (Å²) in [6.45, 7) is 16.5. The first-order valence-electron chi connectivity index (χ1n) is 14.5. The fourth-order valence-corrected chi connectivity index (χ4v) is 7.76. The van der Waals surface area contributed by atoms with Crippen molar-refractivity contribution in [2.75, 3.05) is 20.5 Å². The third-order valence-electron chi connectivity index (χ3n) is 9.64. The first kappa shape index (κ1) is 30.5. The summed E-state index contributed by atoms with van der Waals surface area (Å²) in [6, 6.07) is 0. The maximum absolute atomic E-state index is 13.9. The molecule has 0 aromatic heterocycles. The zero-order valence-corrected chi connectivity index (χ0v) is 25.8. The summed E-state index contributed by atoms with van der Waals surface area (Å²) in [5.74, 6) is 1.35. The first-order chi connectivity index (χ1) is 17.3. The molecule has 2 fully saturated rings. The Morgan fingerprint density at radius 1 is 1.24 bits per heavy atom. The van der Waals surface area contributed by atoms with Crippen LogP contribution in [0.15, 0.2) is 23.3 Å². The highest BCUT2D eigenvalue weighted by molar-refractivity contribution is 6.74. The molecule has 3 aliphatic carbocycles. The van der Waals surface area contributed by atoms with Crippen molar-refractivity contribution in [2.24, 2.45) is 23.2 Å². The minimum atomic E-state index is -2.06. The van der Waals surface area contributed by atoms with E-state index in [9.17, 15) is 9.59 Å². The monoisotopic (exact) mass is 532 g/mol. The highest BCUT2D eigenvalue weighted by Gasteiger charge is 2.68. The van der Waals surface area contributed by atoms with Crippen LogP contribution in [-0.4, -0.2) is 46.5 Å². The molecule has 0 saturated heterocycles. The molecule has 0 aromatic rings. The predicted octanol–water partition coefficient (Wildman–Crippen LogP) is 7.41. The van der Waals surface area contributed by atoms with Crippen LogP contribution >= 0.6 is 0 Å². The average Bonchev–Trinajstić information content (AvgIpc) is 3.47. The number of carbonyl (C=O) groups excluding carboxylic acids is 2. The molecule has 0 aromatic carbocycles. The second-order valence-electron chi connectivity index (χ2n) is 13.5. The minimum Gasteiger partial charge on any atom is -0.413 e. The summed E-state index contributed by atoms with van der Waals surface area (Å²) in [5.41, 5.74) is 2.83. The van der Waals surface area contributed by atoms with E-state index in [1.807, 2.05) is 6.92 Å². The lowest BCUT2D eigenvalue weighted by molar-refractivity contribution is -0.128. The van der Waals surface area contributed by atoms with Gasteiger partial charge in [-0.3, -0.25) is 9.59 Å². The number of hydrogen-bond donors (Lipinski definition) is 0. The predicted molar refractivity (Wildman–Crippen MR) is 152 cm³/mol. The minimum absolute atomic E-state index is 0.0414. The number of allylic oxidation sites excluding steroid dienone is 3. The van der Waals surface area contributed by atoms with Crippen molar-refractivity contribution in [3.05, 3.63) is 23.3 Å². The van der Waals surface area contributed by atoms with Crippen LogP contribution in [0, 0.1) is 23.2 Å². The zero-order valence-electron chi connectivity index (χ0n) is 24.8. The van der Waals surface area contributed by atoms with Crippen molar-refractivity contribution in [3.8, 4) is 0 Å². The van der Waals surface area contributed by atoms with Crippen molar-refractivity contribution in [1.82, 2.24) is 0 Å². The third kappa shape index (κ3) is 7.31. The molecule has 3 rings (SSSR count). The van der Waals surface area contributed by atoms with Gasteiger partial charge < -0.3 is 13.9 Å². The Balaban J connectivity index is 1.61. The molecule has 0 heterocycles. The van der Waals surface area contributed by atoms with Gasteiger partial charge in [-0.2, -0.15) is 0 Å². The van der Waals surface area contributed by atoms with Gasteiger partial charge in [-0.1, -0.05) is 51.0 Å². The number of ether oxygens (including phenoxy) is 2. The van der Waals surface area contributed by atoms with Crippen molar-refractivity contribution in [1.29, 1.82) is 0 Å². The Labute approximate surface area is 226 Å². The molecule has 3 aliphatic rings. The molecule has 5 atom stereocenters. The fraction of sp³-hybridized carbons (Fsp3) is 0.806. The van der Waals surface area contributed by atoms with Gasteiger partial charge in [-0.05, 0) is 81.3 Å². The van der Waals surface area contributed by atoms with E-state index in [1.165, 1.54) is 5.57 Å². The van der Waals surface area contributed by atoms with Crippen LogP contribution < -0.4 is 0 Å². The molecule has 0 unspecified atom stereocenters. The van der Waals surface area contributed by atoms with Crippen LogP contribution in [0.1, 0.15) is 92.4 Å². The summed E-state index contributed by atoms with van der Waals surface area (Å²) in [5, 5.41) is 0.0825. The molecule has 5 nitrogen and oxygen atoms in total. The van der Waals surface area contributed by atoms with E-state index >= 15 is 0 Å². The van der Waals surface area contributed by atoms with E-state index in [0.29, 0.717) is 31.1 Å². The van der Waals surface area contributed by atoms with E-state index in [0.717, 1.165) is 50.5 Å². The molecule has 0 bridgehead atoms. The van der Waals surface area contributed by atoms with Gasteiger partial charge in [0.25, 0.3) is 0 Å². The molecule has 0 aliphatic heterocycles. The van der Waals surface area contributed by atoms with Crippen LogP contribution in [-0.2, 0) is 23.5 Å². The third-order valence-corrected chi connectivity index (χ3v) is 14.1. The molecule has 210 valence electrons. The van der Waals surface area contributed by atoms with E-state index < -0.39 is 8.32 Å². The van der Waals surface area contributed by atoms with Crippen molar-refractivity contribution in [2.45, 2.75) is 117 Å². The van der Waals surface area contributed by atoms with Gasteiger partial charge in [-0.15, -0.1) is 0 Å². The average molecular weight is 533 g/mol. The molecular formula is C31H52O5Si. The van der Waals surface area contributed by atoms with Crippen LogP contribution in [0.4, 0.5) is 0 Å². The van der Waals surface area contributed by atoms with Gasteiger partial charge in [0.1, 0.15) is 18.4 Å². The molecule has 6 heteroatoms. The summed E-state index contributed by atoms with van der Waals surface area (Å²) in [7, 11) is -0.450. The Hall–Kier alpha value is -1.08. The fourth-order valence-electron chi connectivity index (χ4n) is 6.37. The lowest BCUT2D eigenvalue weighted by Gasteiger charge is -2.41. The van der Waals surface area contributed by atoms with Crippen molar-refractivity contribution >= 4 is 19.9 Å². The summed E-state index contributed by atoms with van der Waals surface area (Å²) in [4.78, 5) is 26.6. The smallest absolute Gasteiger partial charge is 0.192 e. The second kappa shape index (κ2) is 12.4. The zero-order chi connectivity index (χ0) is 27.4. The number of carbonyl (C=O) groups is 2. The van der Waals surface area contributed by atoms with Gasteiger partial charge in [0.05, 0.1) is 12.7 Å². The van der Waals surface area contributed by atoms with Gasteiger partial charge in [0.15, 0.2) is 8.32 Å². The first-order valence-corrected chi connectivity index (χ1v) is 17.4. The Morgan fingerprint density at radius 3 is 2.65 bits per heavy atom. The maximum Gasteiger partial charge on any atom is 0.192 e. The number of rotatable bonds is 14. The van der Waals surface area contributed by atoms with Crippen LogP contribution in [0.25, 0.3) is 0 Å². The van der Waals surface area contributed by atoms with Crippen LogP contribution in [0.5, 0.6) is 0 Å². The Kier molecular flexibility index (Phi) is 10.2. The van der Waals surface area contributed by atoms with Crippen LogP contribution in [0.2, 0.25) is 18.1 Å². The molecule has 0 radical (unpaired) electrons. The lowest BCUT2D eigenvalue weighted by atomic mass is 9.81. The molecule has 0 N–H and O–H groups in total.